The maximum absolute atomic E-state index is 11.9. The zero-order chi connectivity index (χ0) is 18.9. The molecule has 1 fully saturated rings. The molecule has 1 aliphatic heterocycles. The van der Waals surface area contributed by atoms with Crippen molar-refractivity contribution in [1.29, 1.82) is 0 Å². The number of aryl methyl sites for hydroxylation is 1. The molecule has 2 aromatic rings. The van der Waals surface area contributed by atoms with E-state index in [-0.39, 0.29) is 6.03 Å². The first kappa shape index (κ1) is 19.7. The first-order valence-corrected chi connectivity index (χ1v) is 10.5. The number of urea groups is 1. The minimum absolute atomic E-state index is 0.108. The van der Waals surface area contributed by atoms with Crippen LogP contribution in [0.25, 0.3) is 0 Å². The fraction of sp³-hybridized carbons (Fsp3) is 0.476. The van der Waals surface area contributed by atoms with Crippen LogP contribution < -0.4 is 15.4 Å². The number of benzene rings is 1. The van der Waals surface area contributed by atoms with Crippen LogP contribution in [0.1, 0.15) is 23.3 Å². The summed E-state index contributed by atoms with van der Waals surface area (Å²) in [5.74, 6) is 1.40. The van der Waals surface area contributed by atoms with E-state index in [1.807, 2.05) is 42.5 Å². The van der Waals surface area contributed by atoms with Crippen molar-refractivity contribution < 1.29 is 9.53 Å². The van der Waals surface area contributed by atoms with E-state index < -0.39 is 0 Å². The second-order valence-corrected chi connectivity index (χ2v) is 8.13. The summed E-state index contributed by atoms with van der Waals surface area (Å²) in [5.41, 5.74) is 1.21. The molecule has 146 valence electrons. The van der Waals surface area contributed by atoms with Gasteiger partial charge in [0.15, 0.2) is 0 Å². The summed E-state index contributed by atoms with van der Waals surface area (Å²) in [7, 11) is 0. The molecule has 0 radical (unpaired) electrons. The normalized spacial score (nSPS) is 15.4. The van der Waals surface area contributed by atoms with E-state index in [2.05, 4.69) is 33.0 Å². The lowest BCUT2D eigenvalue weighted by molar-refractivity contribution is 0.176. The van der Waals surface area contributed by atoms with Crippen molar-refractivity contribution in [2.75, 3.05) is 32.8 Å². The number of hydrogen-bond acceptors (Lipinski definition) is 4. The van der Waals surface area contributed by atoms with Crippen LogP contribution in [0.4, 0.5) is 4.79 Å². The van der Waals surface area contributed by atoms with E-state index in [1.165, 1.54) is 10.4 Å². The highest BCUT2D eigenvalue weighted by Gasteiger charge is 2.19. The Morgan fingerprint density at radius 2 is 1.96 bits per heavy atom. The molecule has 3 rings (SSSR count). The summed E-state index contributed by atoms with van der Waals surface area (Å²) < 4.78 is 5.61. The fourth-order valence-electron chi connectivity index (χ4n) is 3.24. The van der Waals surface area contributed by atoms with Crippen LogP contribution in [-0.4, -0.2) is 43.7 Å². The molecule has 1 aliphatic rings. The Morgan fingerprint density at radius 1 is 1.19 bits per heavy atom. The van der Waals surface area contributed by atoms with Crippen LogP contribution in [0.5, 0.6) is 5.75 Å². The monoisotopic (exact) mass is 387 g/mol. The van der Waals surface area contributed by atoms with Crippen LogP contribution in [-0.2, 0) is 6.54 Å². The highest BCUT2D eigenvalue weighted by molar-refractivity contribution is 7.09. The number of rotatable bonds is 8. The van der Waals surface area contributed by atoms with Crippen LogP contribution in [0.3, 0.4) is 0 Å². The molecule has 1 aromatic heterocycles. The van der Waals surface area contributed by atoms with Crippen molar-refractivity contribution in [3.63, 3.8) is 0 Å². The molecule has 0 spiro atoms. The fourth-order valence-corrected chi connectivity index (χ4v) is 3.99. The minimum atomic E-state index is -0.108. The minimum Gasteiger partial charge on any atom is -0.492 e. The van der Waals surface area contributed by atoms with Crippen LogP contribution in [0.15, 0.2) is 41.8 Å². The molecule has 27 heavy (non-hydrogen) atoms. The quantitative estimate of drug-likeness (QED) is 0.680. The Bertz CT molecular complexity index is 680. The first-order valence-electron chi connectivity index (χ1n) is 9.65. The number of thiophene rings is 1. The lowest BCUT2D eigenvalue weighted by atomic mass is 9.97. The second-order valence-electron chi connectivity index (χ2n) is 7.10. The predicted molar refractivity (Wildman–Crippen MR) is 110 cm³/mol. The molecule has 0 atom stereocenters. The van der Waals surface area contributed by atoms with E-state index in [9.17, 15) is 4.79 Å². The second kappa shape index (κ2) is 10.3. The molecule has 0 saturated carbocycles. The third kappa shape index (κ3) is 6.88. The van der Waals surface area contributed by atoms with E-state index in [1.54, 1.807) is 0 Å². The zero-order valence-corrected chi connectivity index (χ0v) is 16.8. The predicted octanol–water partition coefficient (Wildman–Crippen LogP) is 3.65. The molecule has 0 unspecified atom stereocenters. The van der Waals surface area contributed by atoms with E-state index in [4.69, 9.17) is 4.74 Å². The van der Waals surface area contributed by atoms with Gasteiger partial charge in [-0.15, -0.1) is 11.3 Å². The van der Waals surface area contributed by atoms with Crippen molar-refractivity contribution in [2.24, 2.45) is 5.92 Å². The van der Waals surface area contributed by atoms with Crippen molar-refractivity contribution in [3.05, 3.63) is 52.2 Å². The van der Waals surface area contributed by atoms with Gasteiger partial charge in [0.1, 0.15) is 12.4 Å². The third-order valence-corrected chi connectivity index (χ3v) is 5.76. The van der Waals surface area contributed by atoms with Gasteiger partial charge in [-0.2, -0.15) is 0 Å². The molecular formula is C21H29N3O2S. The average molecular weight is 388 g/mol. The Labute approximate surface area is 165 Å². The summed E-state index contributed by atoms with van der Waals surface area (Å²) in [6, 6.07) is 12.1. The highest BCUT2D eigenvalue weighted by atomic mass is 32.1. The van der Waals surface area contributed by atoms with Gasteiger partial charge in [-0.1, -0.05) is 23.8 Å². The molecule has 6 heteroatoms. The first-order chi connectivity index (χ1) is 13.2. The van der Waals surface area contributed by atoms with Gasteiger partial charge in [0.25, 0.3) is 0 Å². The van der Waals surface area contributed by atoms with Crippen LogP contribution in [0, 0.1) is 12.8 Å². The zero-order valence-electron chi connectivity index (χ0n) is 15.9. The number of piperidine rings is 1. The number of ether oxygens (including phenoxy) is 1. The number of hydrogen-bond donors (Lipinski definition) is 2. The van der Waals surface area contributed by atoms with Gasteiger partial charge >= 0.3 is 6.03 Å². The Morgan fingerprint density at radius 3 is 2.67 bits per heavy atom. The Hall–Kier alpha value is -2.05. The summed E-state index contributed by atoms with van der Waals surface area (Å²) >= 11 is 1.82. The summed E-state index contributed by atoms with van der Waals surface area (Å²) in [4.78, 5) is 15.9. The average Bonchev–Trinajstić information content (AvgIpc) is 3.19. The Kier molecular flexibility index (Phi) is 7.54. The van der Waals surface area contributed by atoms with E-state index >= 15 is 0 Å². The number of nitrogens with zero attached hydrogens (tertiary/aromatic N) is 1. The van der Waals surface area contributed by atoms with Gasteiger partial charge in [-0.25, -0.2) is 4.79 Å². The van der Waals surface area contributed by atoms with Gasteiger partial charge < -0.3 is 15.4 Å². The van der Waals surface area contributed by atoms with Gasteiger partial charge in [-0.3, -0.25) is 4.90 Å². The summed E-state index contributed by atoms with van der Waals surface area (Å²) in [6.45, 7) is 7.03. The smallest absolute Gasteiger partial charge is 0.314 e. The van der Waals surface area contributed by atoms with E-state index in [0.717, 1.165) is 44.8 Å². The molecular weight excluding hydrogens is 358 g/mol. The standard InChI is InChI=1S/C21H29N3O2S/c1-17-4-6-19(7-5-17)26-13-10-22-21(25)23-15-18-8-11-24(12-9-18)16-20-3-2-14-27-20/h2-7,14,18H,8-13,15-16H2,1H3,(H2,22,23,25). The van der Waals surface area contributed by atoms with E-state index in [0.29, 0.717) is 19.1 Å². The topological polar surface area (TPSA) is 53.6 Å². The number of amides is 2. The maximum Gasteiger partial charge on any atom is 0.314 e. The van der Waals surface area contributed by atoms with Gasteiger partial charge in [-0.05, 0) is 62.4 Å². The summed E-state index contributed by atoms with van der Waals surface area (Å²) in [6.07, 6.45) is 2.28. The van der Waals surface area contributed by atoms with Crippen molar-refractivity contribution in [1.82, 2.24) is 15.5 Å². The lowest BCUT2D eigenvalue weighted by Gasteiger charge is -2.31. The van der Waals surface area contributed by atoms with Crippen LogP contribution >= 0.6 is 11.3 Å². The molecule has 0 bridgehead atoms. The SMILES string of the molecule is Cc1ccc(OCCNC(=O)NCC2CCN(Cc3cccs3)CC2)cc1. The van der Waals surface area contributed by atoms with Crippen molar-refractivity contribution >= 4 is 17.4 Å². The van der Waals surface area contributed by atoms with Crippen molar-refractivity contribution in [3.8, 4) is 5.75 Å². The van der Waals surface area contributed by atoms with Gasteiger partial charge in [0.05, 0.1) is 6.54 Å². The molecule has 0 aliphatic carbocycles. The molecule has 2 N–H and O–H groups in total. The molecule has 2 amide bonds. The van der Waals surface area contributed by atoms with Gasteiger partial charge in [0.2, 0.25) is 0 Å². The van der Waals surface area contributed by atoms with Gasteiger partial charge in [0, 0.05) is 18.0 Å². The van der Waals surface area contributed by atoms with Crippen LogP contribution in [0.2, 0.25) is 0 Å². The highest BCUT2D eigenvalue weighted by Crippen LogP contribution is 2.20. The molecule has 2 heterocycles. The lowest BCUT2D eigenvalue weighted by Crippen LogP contribution is -2.42. The number of nitrogens with one attached hydrogen (secondary N) is 2. The molecule has 1 saturated heterocycles. The summed E-state index contributed by atoms with van der Waals surface area (Å²) in [5, 5.41) is 7.99. The molecule has 1 aromatic carbocycles. The number of carbonyl (C=O) groups is 1. The third-order valence-electron chi connectivity index (χ3n) is 4.90. The maximum atomic E-state index is 11.9. The largest absolute Gasteiger partial charge is 0.492 e. The number of likely N-dealkylation sites (tertiary alicyclic amines) is 1. The Balaban J connectivity index is 1.24. The van der Waals surface area contributed by atoms with Crippen molar-refractivity contribution in [2.45, 2.75) is 26.3 Å². The molecule has 5 nitrogen and oxygen atoms in total. The number of carbonyl (C=O) groups excluding carboxylic acids is 1.